The summed E-state index contributed by atoms with van der Waals surface area (Å²) in [6.45, 7) is 2.50. The molecule has 3 amide bonds. The second-order valence-corrected chi connectivity index (χ2v) is 7.46. The SMILES string of the molecule is COc1ccc(OC)c2c1CN(CN1C(=O)[C@@H](C)N(c3ccccc3)C1=O)C[C@@H]2O. The minimum absolute atomic E-state index is 0.0855. The number of amides is 3. The molecular formula is C22H25N3O5. The van der Waals surface area contributed by atoms with Crippen molar-refractivity contribution in [2.45, 2.75) is 25.6 Å². The Balaban J connectivity index is 1.59. The first kappa shape index (κ1) is 20.2. The average Bonchev–Trinajstić information content (AvgIpc) is 2.96. The molecule has 2 aliphatic heterocycles. The van der Waals surface area contributed by atoms with E-state index >= 15 is 0 Å². The molecule has 2 aromatic carbocycles. The molecule has 0 aliphatic carbocycles. The van der Waals surface area contributed by atoms with Gasteiger partial charge in [0.15, 0.2) is 0 Å². The zero-order valence-corrected chi connectivity index (χ0v) is 17.2. The summed E-state index contributed by atoms with van der Waals surface area (Å²) in [4.78, 5) is 30.5. The van der Waals surface area contributed by atoms with Gasteiger partial charge in [0.2, 0.25) is 0 Å². The number of aliphatic hydroxyl groups excluding tert-OH is 1. The highest BCUT2D eigenvalue weighted by Crippen LogP contribution is 2.39. The van der Waals surface area contributed by atoms with Crippen LogP contribution >= 0.6 is 0 Å². The Morgan fingerprint density at radius 2 is 1.70 bits per heavy atom. The van der Waals surface area contributed by atoms with Crippen LogP contribution in [0.5, 0.6) is 11.5 Å². The lowest BCUT2D eigenvalue weighted by Gasteiger charge is -2.35. The number of nitrogens with zero attached hydrogens (tertiary/aromatic N) is 3. The molecule has 8 nitrogen and oxygen atoms in total. The summed E-state index contributed by atoms with van der Waals surface area (Å²) in [6.07, 6.45) is -0.825. The zero-order valence-electron chi connectivity index (χ0n) is 17.2. The summed E-state index contributed by atoms with van der Waals surface area (Å²) in [5, 5.41) is 10.8. The number of carbonyl (C=O) groups excluding carboxylic acids is 2. The molecule has 0 spiro atoms. The van der Waals surface area contributed by atoms with Crippen molar-refractivity contribution in [1.82, 2.24) is 9.80 Å². The van der Waals surface area contributed by atoms with Gasteiger partial charge in [0.1, 0.15) is 17.5 Å². The van der Waals surface area contributed by atoms with Gasteiger partial charge in [-0.2, -0.15) is 0 Å². The van der Waals surface area contributed by atoms with Gasteiger partial charge in [-0.25, -0.2) is 9.69 Å². The highest BCUT2D eigenvalue weighted by molar-refractivity contribution is 6.14. The maximum atomic E-state index is 13.0. The van der Waals surface area contributed by atoms with Gasteiger partial charge >= 0.3 is 6.03 Å². The van der Waals surface area contributed by atoms with Gasteiger partial charge < -0.3 is 14.6 Å². The number of urea groups is 1. The minimum atomic E-state index is -0.825. The monoisotopic (exact) mass is 411 g/mol. The van der Waals surface area contributed by atoms with E-state index in [-0.39, 0.29) is 25.2 Å². The fraction of sp³-hybridized carbons (Fsp3) is 0.364. The molecule has 2 atom stereocenters. The van der Waals surface area contributed by atoms with E-state index in [0.717, 1.165) is 5.56 Å². The molecule has 1 N–H and O–H groups in total. The van der Waals surface area contributed by atoms with Crippen LogP contribution in [0, 0.1) is 0 Å². The third kappa shape index (κ3) is 3.28. The normalized spacial score (nSPS) is 21.7. The predicted octanol–water partition coefficient (Wildman–Crippen LogP) is 2.37. The number of ether oxygens (including phenoxy) is 2. The van der Waals surface area contributed by atoms with Gasteiger partial charge in [-0.1, -0.05) is 18.2 Å². The molecule has 30 heavy (non-hydrogen) atoms. The van der Waals surface area contributed by atoms with Crippen LogP contribution < -0.4 is 14.4 Å². The summed E-state index contributed by atoms with van der Waals surface area (Å²) < 4.78 is 10.9. The molecule has 0 saturated carbocycles. The van der Waals surface area contributed by atoms with Crippen molar-refractivity contribution >= 4 is 17.6 Å². The van der Waals surface area contributed by atoms with Crippen molar-refractivity contribution in [2.75, 3.05) is 32.3 Å². The van der Waals surface area contributed by atoms with Crippen molar-refractivity contribution in [3.05, 3.63) is 53.6 Å². The van der Waals surface area contributed by atoms with Crippen LogP contribution in [0.3, 0.4) is 0 Å². The topological polar surface area (TPSA) is 82.6 Å². The summed E-state index contributed by atoms with van der Waals surface area (Å²) in [7, 11) is 3.13. The lowest BCUT2D eigenvalue weighted by Crippen LogP contribution is -2.45. The van der Waals surface area contributed by atoms with E-state index in [1.807, 2.05) is 35.2 Å². The lowest BCUT2D eigenvalue weighted by molar-refractivity contribution is -0.128. The number of anilines is 1. The molecule has 0 radical (unpaired) electrons. The summed E-state index contributed by atoms with van der Waals surface area (Å²) >= 11 is 0. The van der Waals surface area contributed by atoms with Crippen LogP contribution in [0.4, 0.5) is 10.5 Å². The third-order valence-electron chi connectivity index (χ3n) is 5.68. The number of imide groups is 1. The number of carbonyl (C=O) groups is 2. The average molecular weight is 411 g/mol. The predicted molar refractivity (Wildman–Crippen MR) is 110 cm³/mol. The number of β-amino-alcohol motifs (C(OH)–C–C–N with tert-alkyl or cyclic N) is 1. The number of hydrogen-bond acceptors (Lipinski definition) is 6. The Bertz CT molecular complexity index is 965. The van der Waals surface area contributed by atoms with Crippen LogP contribution in [0.2, 0.25) is 0 Å². The number of aliphatic hydroxyl groups is 1. The minimum Gasteiger partial charge on any atom is -0.496 e. The smallest absolute Gasteiger partial charge is 0.333 e. The van der Waals surface area contributed by atoms with Crippen LogP contribution in [-0.2, 0) is 11.3 Å². The van der Waals surface area contributed by atoms with E-state index in [1.54, 1.807) is 33.3 Å². The third-order valence-corrected chi connectivity index (χ3v) is 5.68. The molecule has 158 valence electrons. The van der Waals surface area contributed by atoms with E-state index in [4.69, 9.17) is 9.47 Å². The zero-order chi connectivity index (χ0) is 21.4. The van der Waals surface area contributed by atoms with Crippen LogP contribution in [0.1, 0.15) is 24.2 Å². The summed E-state index contributed by atoms with van der Waals surface area (Å²) in [5.74, 6) is 0.963. The maximum Gasteiger partial charge on any atom is 0.333 e. The molecule has 2 aromatic rings. The molecule has 0 aromatic heterocycles. The Morgan fingerprint density at radius 1 is 1.03 bits per heavy atom. The lowest BCUT2D eigenvalue weighted by atomic mass is 9.95. The van der Waals surface area contributed by atoms with E-state index in [1.165, 1.54) is 9.80 Å². The van der Waals surface area contributed by atoms with Crippen LogP contribution in [0.15, 0.2) is 42.5 Å². The number of fused-ring (bicyclic) bond motifs is 1. The van der Waals surface area contributed by atoms with Gasteiger partial charge in [0, 0.05) is 29.9 Å². The first-order valence-corrected chi connectivity index (χ1v) is 9.80. The van der Waals surface area contributed by atoms with Crippen LogP contribution in [0.25, 0.3) is 0 Å². The van der Waals surface area contributed by atoms with Crippen molar-refractivity contribution in [1.29, 1.82) is 0 Å². The molecule has 1 fully saturated rings. The van der Waals surface area contributed by atoms with Crippen molar-refractivity contribution in [2.24, 2.45) is 0 Å². The molecule has 4 rings (SSSR count). The quantitative estimate of drug-likeness (QED) is 0.761. The maximum absolute atomic E-state index is 13.0. The first-order valence-electron chi connectivity index (χ1n) is 9.80. The second-order valence-electron chi connectivity index (χ2n) is 7.46. The molecule has 2 aliphatic rings. The van der Waals surface area contributed by atoms with E-state index < -0.39 is 12.1 Å². The Hall–Kier alpha value is -3.10. The van der Waals surface area contributed by atoms with Crippen molar-refractivity contribution in [3.63, 3.8) is 0 Å². The molecule has 8 heteroatoms. The molecule has 0 unspecified atom stereocenters. The fourth-order valence-corrected chi connectivity index (χ4v) is 4.23. The van der Waals surface area contributed by atoms with Crippen molar-refractivity contribution in [3.8, 4) is 11.5 Å². The van der Waals surface area contributed by atoms with Crippen molar-refractivity contribution < 1.29 is 24.2 Å². The highest BCUT2D eigenvalue weighted by atomic mass is 16.5. The fourth-order valence-electron chi connectivity index (χ4n) is 4.23. The molecular weight excluding hydrogens is 386 g/mol. The number of methoxy groups -OCH3 is 2. The Morgan fingerprint density at radius 3 is 2.37 bits per heavy atom. The summed E-state index contributed by atoms with van der Waals surface area (Å²) in [5.41, 5.74) is 2.16. The Labute approximate surface area is 175 Å². The number of rotatable bonds is 5. The highest BCUT2D eigenvalue weighted by Gasteiger charge is 2.44. The van der Waals surface area contributed by atoms with Gasteiger partial charge in [0.25, 0.3) is 5.91 Å². The van der Waals surface area contributed by atoms with Gasteiger partial charge in [-0.3, -0.25) is 14.6 Å². The van der Waals surface area contributed by atoms with E-state index in [2.05, 4.69) is 0 Å². The van der Waals surface area contributed by atoms with Gasteiger partial charge in [0.05, 0.1) is 27.0 Å². The second kappa shape index (κ2) is 7.97. The molecule has 0 bridgehead atoms. The first-order chi connectivity index (χ1) is 14.5. The van der Waals surface area contributed by atoms with E-state index in [9.17, 15) is 14.7 Å². The van der Waals surface area contributed by atoms with E-state index in [0.29, 0.717) is 29.3 Å². The van der Waals surface area contributed by atoms with Crippen LogP contribution in [-0.4, -0.2) is 60.3 Å². The Kier molecular flexibility index (Phi) is 5.36. The summed E-state index contributed by atoms with van der Waals surface area (Å²) in [6, 6.07) is 11.8. The molecule has 1 saturated heterocycles. The van der Waals surface area contributed by atoms with Gasteiger partial charge in [-0.15, -0.1) is 0 Å². The number of benzene rings is 2. The standard InChI is InChI=1S/C22H25N3O5/c1-14-21(27)24(22(28)25(14)15-7-5-4-6-8-15)13-23-11-16-18(29-2)9-10-19(30-3)20(16)17(26)12-23/h4-10,14,17,26H,11-13H2,1-3H3/t14-,17+/m1/s1. The largest absolute Gasteiger partial charge is 0.496 e. The number of para-hydroxylation sites is 1. The number of hydrogen-bond donors (Lipinski definition) is 1. The van der Waals surface area contributed by atoms with Gasteiger partial charge in [-0.05, 0) is 31.2 Å². The molecule has 2 heterocycles.